The molecule has 0 aliphatic heterocycles. The molecule has 1 aliphatic carbocycles. The zero-order chi connectivity index (χ0) is 12.4. The summed E-state index contributed by atoms with van der Waals surface area (Å²) in [5.74, 6) is -1.08. The van der Waals surface area contributed by atoms with E-state index in [0.29, 0.717) is 4.90 Å². The van der Waals surface area contributed by atoms with Gasteiger partial charge in [0.2, 0.25) is 0 Å². The first kappa shape index (κ1) is 12.6. The van der Waals surface area contributed by atoms with Crippen molar-refractivity contribution in [3.63, 3.8) is 0 Å². The van der Waals surface area contributed by atoms with Crippen LogP contribution in [-0.4, -0.2) is 20.5 Å². The monoisotopic (exact) mass is 272 g/mol. The number of carboxylic acid groups (broad SMARTS) is 1. The molecule has 92 valence electrons. The second kappa shape index (κ2) is 5.19. The number of hydrogen-bond acceptors (Lipinski definition) is 2. The van der Waals surface area contributed by atoms with Gasteiger partial charge in [0.05, 0.1) is 21.4 Å². The van der Waals surface area contributed by atoms with Crippen molar-refractivity contribution < 1.29 is 14.1 Å². The summed E-state index contributed by atoms with van der Waals surface area (Å²) in [6.07, 6.45) is 4.13. The third kappa shape index (κ3) is 2.69. The van der Waals surface area contributed by atoms with Gasteiger partial charge in [-0.1, -0.05) is 24.4 Å². The molecule has 5 heteroatoms. The molecular formula is C12H13ClO3S. The van der Waals surface area contributed by atoms with Crippen LogP contribution in [0.25, 0.3) is 0 Å². The lowest BCUT2D eigenvalue weighted by Crippen LogP contribution is -2.11. The van der Waals surface area contributed by atoms with Crippen LogP contribution in [0.5, 0.6) is 0 Å². The number of benzene rings is 1. The lowest BCUT2D eigenvalue weighted by atomic mass is 10.2. The zero-order valence-corrected chi connectivity index (χ0v) is 10.8. The molecule has 1 fully saturated rings. The van der Waals surface area contributed by atoms with Crippen molar-refractivity contribution in [3.05, 3.63) is 28.8 Å². The fraction of sp³-hybridized carbons (Fsp3) is 0.417. The van der Waals surface area contributed by atoms with Crippen LogP contribution < -0.4 is 0 Å². The molecule has 0 spiro atoms. The van der Waals surface area contributed by atoms with Crippen LogP contribution in [0.3, 0.4) is 0 Å². The van der Waals surface area contributed by atoms with E-state index in [4.69, 9.17) is 16.7 Å². The van der Waals surface area contributed by atoms with Crippen molar-refractivity contribution in [1.82, 2.24) is 0 Å². The lowest BCUT2D eigenvalue weighted by molar-refractivity contribution is 0.0697. The summed E-state index contributed by atoms with van der Waals surface area (Å²) < 4.78 is 12.2. The molecule has 17 heavy (non-hydrogen) atoms. The highest BCUT2D eigenvalue weighted by Gasteiger charge is 2.23. The molecule has 0 saturated heterocycles. The molecule has 1 atom stereocenters. The van der Waals surface area contributed by atoms with Crippen molar-refractivity contribution in [2.75, 3.05) is 0 Å². The van der Waals surface area contributed by atoms with Gasteiger partial charge in [-0.2, -0.15) is 0 Å². The van der Waals surface area contributed by atoms with Crippen LogP contribution in [0, 0.1) is 0 Å². The van der Waals surface area contributed by atoms with E-state index in [9.17, 15) is 9.00 Å². The van der Waals surface area contributed by atoms with Crippen molar-refractivity contribution in [2.45, 2.75) is 35.8 Å². The molecule has 1 aliphatic rings. The third-order valence-corrected chi connectivity index (χ3v) is 5.13. The van der Waals surface area contributed by atoms with Crippen molar-refractivity contribution in [1.29, 1.82) is 0 Å². The number of carbonyl (C=O) groups is 1. The molecule has 2 rings (SSSR count). The molecule has 1 unspecified atom stereocenters. The van der Waals surface area contributed by atoms with E-state index in [1.807, 2.05) is 0 Å². The van der Waals surface area contributed by atoms with Crippen LogP contribution in [0.4, 0.5) is 0 Å². The molecule has 0 bridgehead atoms. The summed E-state index contributed by atoms with van der Waals surface area (Å²) in [6, 6.07) is 4.59. The minimum Gasteiger partial charge on any atom is -0.478 e. The summed E-state index contributed by atoms with van der Waals surface area (Å²) in [4.78, 5) is 11.5. The molecule has 3 nitrogen and oxygen atoms in total. The Morgan fingerprint density at radius 1 is 1.35 bits per heavy atom. The topological polar surface area (TPSA) is 54.4 Å². The molecule has 1 aromatic rings. The Hall–Kier alpha value is -0.870. The first-order valence-corrected chi connectivity index (χ1v) is 7.12. The van der Waals surface area contributed by atoms with Gasteiger partial charge in [0.15, 0.2) is 0 Å². The summed E-state index contributed by atoms with van der Waals surface area (Å²) in [5, 5.41) is 9.30. The maximum atomic E-state index is 12.2. The minimum absolute atomic E-state index is 0.0236. The van der Waals surface area contributed by atoms with Crippen molar-refractivity contribution in [3.8, 4) is 0 Å². The molecule has 0 radical (unpaired) electrons. The quantitative estimate of drug-likeness (QED) is 0.920. The van der Waals surface area contributed by atoms with E-state index in [0.717, 1.165) is 25.7 Å². The van der Waals surface area contributed by atoms with E-state index in [1.54, 1.807) is 6.07 Å². The number of carboxylic acids is 1. The van der Waals surface area contributed by atoms with Gasteiger partial charge in [-0.25, -0.2) is 4.79 Å². The van der Waals surface area contributed by atoms with Gasteiger partial charge in [0, 0.05) is 10.1 Å². The van der Waals surface area contributed by atoms with E-state index in [-0.39, 0.29) is 15.8 Å². The predicted molar refractivity (Wildman–Crippen MR) is 67.1 cm³/mol. The maximum Gasteiger partial charge on any atom is 0.337 e. The van der Waals surface area contributed by atoms with E-state index < -0.39 is 16.8 Å². The van der Waals surface area contributed by atoms with Gasteiger partial charge in [-0.05, 0) is 31.0 Å². The van der Waals surface area contributed by atoms with Gasteiger partial charge in [0.25, 0.3) is 0 Å². The van der Waals surface area contributed by atoms with E-state index in [2.05, 4.69) is 0 Å². The first-order valence-electron chi connectivity index (χ1n) is 5.53. The van der Waals surface area contributed by atoms with E-state index >= 15 is 0 Å². The number of hydrogen-bond donors (Lipinski definition) is 1. The van der Waals surface area contributed by atoms with Crippen LogP contribution in [0.15, 0.2) is 23.1 Å². The number of halogens is 1. The van der Waals surface area contributed by atoms with Gasteiger partial charge >= 0.3 is 5.97 Å². The molecule has 0 aromatic heterocycles. The number of aromatic carboxylic acids is 1. The van der Waals surface area contributed by atoms with Gasteiger partial charge in [-0.3, -0.25) is 4.21 Å². The Kier molecular flexibility index (Phi) is 3.84. The van der Waals surface area contributed by atoms with Crippen LogP contribution in [0.2, 0.25) is 5.02 Å². The van der Waals surface area contributed by atoms with Crippen LogP contribution in [-0.2, 0) is 10.8 Å². The first-order chi connectivity index (χ1) is 8.09. The highest BCUT2D eigenvalue weighted by Crippen LogP contribution is 2.28. The summed E-state index contributed by atoms with van der Waals surface area (Å²) in [7, 11) is -1.12. The highest BCUT2D eigenvalue weighted by molar-refractivity contribution is 7.85. The largest absolute Gasteiger partial charge is 0.478 e. The molecule has 0 amide bonds. The Labute approximate surface area is 107 Å². The Bertz CT molecular complexity index is 467. The highest BCUT2D eigenvalue weighted by atomic mass is 35.5. The predicted octanol–water partition coefficient (Wildman–Crippen LogP) is 3.09. The fourth-order valence-electron chi connectivity index (χ4n) is 2.09. The second-order valence-corrected chi connectivity index (χ2v) is 6.29. The van der Waals surface area contributed by atoms with Crippen LogP contribution >= 0.6 is 11.6 Å². The Morgan fingerprint density at radius 3 is 2.59 bits per heavy atom. The minimum atomic E-state index is -1.12. The number of rotatable bonds is 3. The van der Waals surface area contributed by atoms with Gasteiger partial charge in [0.1, 0.15) is 0 Å². The normalized spacial score (nSPS) is 18.2. The van der Waals surface area contributed by atoms with Crippen molar-refractivity contribution in [2.24, 2.45) is 0 Å². The molecule has 1 saturated carbocycles. The fourth-order valence-corrected chi connectivity index (χ4v) is 3.87. The van der Waals surface area contributed by atoms with Crippen LogP contribution in [0.1, 0.15) is 36.0 Å². The third-order valence-electron chi connectivity index (χ3n) is 3.01. The maximum absolute atomic E-state index is 12.2. The van der Waals surface area contributed by atoms with Gasteiger partial charge < -0.3 is 5.11 Å². The van der Waals surface area contributed by atoms with E-state index in [1.165, 1.54) is 12.1 Å². The zero-order valence-electron chi connectivity index (χ0n) is 9.19. The molecule has 1 N–H and O–H groups in total. The Balaban J connectivity index is 2.29. The van der Waals surface area contributed by atoms with Gasteiger partial charge in [-0.15, -0.1) is 0 Å². The molecule has 1 aromatic carbocycles. The average Bonchev–Trinajstić information content (AvgIpc) is 2.81. The second-order valence-electron chi connectivity index (χ2n) is 4.15. The smallest absolute Gasteiger partial charge is 0.337 e. The van der Waals surface area contributed by atoms with Crippen molar-refractivity contribution >= 4 is 28.4 Å². The summed E-state index contributed by atoms with van der Waals surface area (Å²) in [6.45, 7) is 0. The lowest BCUT2D eigenvalue weighted by Gasteiger charge is -2.10. The Morgan fingerprint density at radius 2 is 2.00 bits per heavy atom. The summed E-state index contributed by atoms with van der Waals surface area (Å²) in [5.41, 5.74) is 0.0236. The molecule has 0 heterocycles. The summed E-state index contributed by atoms with van der Waals surface area (Å²) >= 11 is 5.78. The SMILES string of the molecule is O=C(O)c1cc(S(=O)C2CCCC2)ccc1Cl. The average molecular weight is 273 g/mol. The molecular weight excluding hydrogens is 260 g/mol. The standard InChI is InChI=1S/C12H13ClO3S/c13-11-6-5-9(7-10(11)12(14)15)17(16)8-3-1-2-4-8/h5-8H,1-4H2,(H,14,15).